The van der Waals surface area contributed by atoms with Crippen LogP contribution in [0.15, 0.2) is 48.5 Å². The number of benzene rings is 2. The molecule has 2 heterocycles. The lowest BCUT2D eigenvalue weighted by molar-refractivity contribution is -0.384. The van der Waals surface area contributed by atoms with Crippen LogP contribution in [-0.4, -0.2) is 23.2 Å². The highest BCUT2D eigenvalue weighted by Gasteiger charge is 2.58. The number of nitro groups is 1. The largest absolute Gasteiger partial charge is 0.550 e. The number of anilines is 1. The second kappa shape index (κ2) is 6.09. The number of rotatable bonds is 4. The van der Waals surface area contributed by atoms with Crippen molar-refractivity contribution in [2.24, 2.45) is 0 Å². The molecule has 1 spiro atoms. The summed E-state index contributed by atoms with van der Waals surface area (Å²) < 4.78 is 6.46. The predicted molar refractivity (Wildman–Crippen MR) is 102 cm³/mol. The van der Waals surface area contributed by atoms with Crippen LogP contribution in [0.4, 0.5) is 11.4 Å². The number of nitrogens with zero attached hydrogens (tertiary/aromatic N) is 2. The summed E-state index contributed by atoms with van der Waals surface area (Å²) in [6.07, 6.45) is 3.54. The van der Waals surface area contributed by atoms with Crippen LogP contribution in [0, 0.1) is 10.1 Å². The summed E-state index contributed by atoms with van der Waals surface area (Å²) >= 11 is 0. The van der Waals surface area contributed by atoms with Crippen LogP contribution in [0.3, 0.4) is 0 Å². The number of nitro benzene ring substituents is 1. The number of carboxylic acid groups (broad SMARTS) is 1. The number of para-hydroxylation sites is 1. The molecule has 0 aromatic heterocycles. The van der Waals surface area contributed by atoms with E-state index in [0.29, 0.717) is 11.3 Å². The Morgan fingerprint density at radius 1 is 1.21 bits per heavy atom. The van der Waals surface area contributed by atoms with Gasteiger partial charge in [0.25, 0.3) is 5.69 Å². The van der Waals surface area contributed by atoms with Gasteiger partial charge < -0.3 is 19.5 Å². The van der Waals surface area contributed by atoms with E-state index in [1.165, 1.54) is 12.1 Å². The maximum absolute atomic E-state index is 11.1. The van der Waals surface area contributed by atoms with Gasteiger partial charge in [-0.2, -0.15) is 0 Å². The topological polar surface area (TPSA) is 95.7 Å². The van der Waals surface area contributed by atoms with E-state index in [0.717, 1.165) is 11.3 Å². The van der Waals surface area contributed by atoms with Crippen LogP contribution in [0.2, 0.25) is 0 Å². The van der Waals surface area contributed by atoms with E-state index in [4.69, 9.17) is 4.74 Å². The van der Waals surface area contributed by atoms with Crippen molar-refractivity contribution in [2.75, 3.05) is 11.4 Å². The number of non-ortho nitro benzene ring substituents is 1. The first-order valence-corrected chi connectivity index (χ1v) is 9.00. The van der Waals surface area contributed by atoms with Crippen molar-refractivity contribution in [3.05, 3.63) is 69.8 Å². The molecule has 28 heavy (non-hydrogen) atoms. The first-order valence-electron chi connectivity index (χ1n) is 9.00. The van der Waals surface area contributed by atoms with E-state index in [1.807, 2.05) is 55.2 Å². The third-order valence-electron chi connectivity index (χ3n) is 5.66. The Hall–Kier alpha value is -3.35. The molecule has 7 nitrogen and oxygen atoms in total. The van der Waals surface area contributed by atoms with Crippen LogP contribution in [0.1, 0.15) is 31.4 Å². The third-order valence-corrected chi connectivity index (χ3v) is 5.66. The molecule has 0 bridgehead atoms. The van der Waals surface area contributed by atoms with Gasteiger partial charge in [0.05, 0.1) is 10.3 Å². The average molecular weight is 379 g/mol. The maximum Gasteiger partial charge on any atom is 0.270 e. The highest BCUT2D eigenvalue weighted by Crippen LogP contribution is 2.54. The second-order valence-electron chi connectivity index (χ2n) is 7.53. The number of aliphatic carboxylic acids is 1. The SMILES string of the molecule is CC1(C)c2ccccc2N(CCC(=O)[O-])[C@@]12C=Cc1cc([N+](=O)[O-])ccc1O2. The molecular weight excluding hydrogens is 360 g/mol. The molecule has 2 aliphatic rings. The van der Waals surface area contributed by atoms with E-state index >= 15 is 0 Å². The van der Waals surface area contributed by atoms with Crippen LogP contribution in [-0.2, 0) is 10.2 Å². The summed E-state index contributed by atoms with van der Waals surface area (Å²) in [7, 11) is 0. The molecule has 0 fully saturated rings. The molecule has 0 radical (unpaired) electrons. The normalized spacial score (nSPS) is 21.1. The Morgan fingerprint density at radius 3 is 2.68 bits per heavy atom. The number of fused-ring (bicyclic) bond motifs is 2. The molecule has 144 valence electrons. The highest BCUT2D eigenvalue weighted by molar-refractivity contribution is 5.74. The van der Waals surface area contributed by atoms with Gasteiger partial charge in [-0.25, -0.2) is 0 Å². The van der Waals surface area contributed by atoms with Crippen molar-refractivity contribution < 1.29 is 19.6 Å². The van der Waals surface area contributed by atoms with Gasteiger partial charge in [0, 0.05) is 42.3 Å². The van der Waals surface area contributed by atoms with Gasteiger partial charge in [0.15, 0.2) is 0 Å². The fraction of sp³-hybridized carbons (Fsp3) is 0.286. The van der Waals surface area contributed by atoms with Crippen LogP contribution in [0.25, 0.3) is 6.08 Å². The molecule has 0 saturated carbocycles. The highest BCUT2D eigenvalue weighted by atomic mass is 16.6. The van der Waals surface area contributed by atoms with Gasteiger partial charge in [0.2, 0.25) is 5.72 Å². The number of carbonyl (C=O) groups excluding carboxylic acids is 1. The Bertz CT molecular complexity index is 1010. The summed E-state index contributed by atoms with van der Waals surface area (Å²) in [5.74, 6) is -0.611. The van der Waals surface area contributed by atoms with Crippen molar-refractivity contribution in [3.8, 4) is 5.75 Å². The minimum Gasteiger partial charge on any atom is -0.550 e. The molecule has 0 aliphatic carbocycles. The minimum atomic E-state index is -1.13. The van der Waals surface area contributed by atoms with Crippen molar-refractivity contribution in [2.45, 2.75) is 31.4 Å². The fourth-order valence-corrected chi connectivity index (χ4v) is 4.19. The van der Waals surface area contributed by atoms with Crippen LogP contribution < -0.4 is 14.7 Å². The van der Waals surface area contributed by atoms with Gasteiger partial charge in [-0.15, -0.1) is 0 Å². The fourth-order valence-electron chi connectivity index (χ4n) is 4.19. The molecule has 2 aromatic rings. The summed E-state index contributed by atoms with van der Waals surface area (Å²) in [4.78, 5) is 23.7. The predicted octanol–water partition coefficient (Wildman–Crippen LogP) is 2.63. The molecular formula is C21H19N2O5-. The number of hydrogen-bond acceptors (Lipinski definition) is 6. The van der Waals surface area contributed by atoms with E-state index in [9.17, 15) is 20.0 Å². The first-order chi connectivity index (χ1) is 13.3. The lowest BCUT2D eigenvalue weighted by Crippen LogP contribution is -2.60. The number of ether oxygens (including phenoxy) is 1. The van der Waals surface area contributed by atoms with E-state index in [1.54, 1.807) is 6.07 Å². The lowest BCUT2D eigenvalue weighted by Gasteiger charge is -2.47. The van der Waals surface area contributed by atoms with Crippen molar-refractivity contribution in [3.63, 3.8) is 0 Å². The monoisotopic (exact) mass is 379 g/mol. The standard InChI is InChI=1S/C21H20N2O5/c1-20(2)16-5-3-4-6-17(16)22(12-10-19(24)25)21(20)11-9-14-13-15(23(26)27)7-8-18(14)28-21/h3-9,11,13H,10,12H2,1-2H3,(H,24,25)/p-1/t21-/m1/s1. The van der Waals surface area contributed by atoms with Gasteiger partial charge >= 0.3 is 0 Å². The Labute approximate surface area is 162 Å². The smallest absolute Gasteiger partial charge is 0.270 e. The summed E-state index contributed by atoms with van der Waals surface area (Å²) in [5.41, 5.74) is 1.12. The van der Waals surface area contributed by atoms with Gasteiger partial charge in [0.1, 0.15) is 5.75 Å². The average Bonchev–Trinajstić information content (AvgIpc) is 2.84. The molecule has 0 amide bonds. The number of hydrogen-bond donors (Lipinski definition) is 0. The zero-order valence-corrected chi connectivity index (χ0v) is 15.5. The number of carboxylic acids is 1. The Morgan fingerprint density at radius 2 is 1.96 bits per heavy atom. The van der Waals surface area contributed by atoms with Crippen molar-refractivity contribution in [1.82, 2.24) is 0 Å². The molecule has 0 saturated heterocycles. The lowest BCUT2D eigenvalue weighted by atomic mass is 9.76. The number of carbonyl (C=O) groups is 1. The minimum absolute atomic E-state index is 0.00859. The first kappa shape index (κ1) is 18.0. The molecule has 7 heteroatoms. The van der Waals surface area contributed by atoms with Gasteiger partial charge in [-0.05, 0) is 43.7 Å². The quantitative estimate of drug-likeness (QED) is 0.599. The molecule has 1 atom stereocenters. The molecule has 4 rings (SSSR count). The van der Waals surface area contributed by atoms with Gasteiger partial charge in [-0.3, -0.25) is 10.1 Å². The zero-order chi connectivity index (χ0) is 20.1. The summed E-state index contributed by atoms with van der Waals surface area (Å²) in [5, 5.41) is 22.2. The maximum atomic E-state index is 11.1. The van der Waals surface area contributed by atoms with E-state index < -0.39 is 22.0 Å². The molecule has 0 N–H and O–H groups in total. The summed E-state index contributed by atoms with van der Waals surface area (Å²) in [6.45, 7) is 4.31. The second-order valence-corrected chi connectivity index (χ2v) is 7.53. The molecule has 0 unspecified atom stereocenters. The molecule has 2 aromatic carbocycles. The molecule has 2 aliphatic heterocycles. The Kier molecular flexibility index (Phi) is 3.92. The van der Waals surface area contributed by atoms with E-state index in [-0.39, 0.29) is 18.7 Å². The van der Waals surface area contributed by atoms with Crippen molar-refractivity contribution >= 4 is 23.4 Å². The zero-order valence-electron chi connectivity index (χ0n) is 15.5. The van der Waals surface area contributed by atoms with Crippen molar-refractivity contribution in [1.29, 1.82) is 0 Å². The van der Waals surface area contributed by atoms with Crippen LogP contribution >= 0.6 is 0 Å². The Balaban J connectivity index is 1.83. The third kappa shape index (κ3) is 2.46. The van der Waals surface area contributed by atoms with Gasteiger partial charge in [-0.1, -0.05) is 18.2 Å². The van der Waals surface area contributed by atoms with E-state index in [2.05, 4.69) is 0 Å². The van der Waals surface area contributed by atoms with Crippen LogP contribution in [0.5, 0.6) is 5.75 Å². The summed E-state index contributed by atoms with van der Waals surface area (Å²) in [6, 6.07) is 12.3.